The summed E-state index contributed by atoms with van der Waals surface area (Å²) in [6.45, 7) is 0. The maximum Gasteiger partial charge on any atom is 0.167 e. The second kappa shape index (κ2) is 11.6. The van der Waals surface area contributed by atoms with Crippen LogP contribution in [0, 0.1) is 0 Å². The summed E-state index contributed by atoms with van der Waals surface area (Å²) >= 11 is 1.83. The van der Waals surface area contributed by atoms with E-state index in [0.717, 1.165) is 60.9 Å². The first-order valence-electron chi connectivity index (χ1n) is 16.5. The number of rotatable bonds is 5. The van der Waals surface area contributed by atoms with Crippen molar-refractivity contribution >= 4 is 53.4 Å². The molecular weight excluding hydrogens is 633 g/mol. The minimum absolute atomic E-state index is 0.556. The molecule has 5 nitrogen and oxygen atoms in total. The van der Waals surface area contributed by atoms with E-state index in [-0.39, 0.29) is 0 Å². The average molecular weight is 659 g/mol. The Hall–Kier alpha value is -6.50. The van der Waals surface area contributed by atoms with Crippen LogP contribution in [0.1, 0.15) is 0 Å². The second-order valence-corrected chi connectivity index (χ2v) is 13.3. The zero-order valence-corrected chi connectivity index (χ0v) is 27.4. The monoisotopic (exact) mass is 658 g/mol. The molecule has 0 N–H and O–H groups in total. The van der Waals surface area contributed by atoms with Crippen molar-refractivity contribution in [2.45, 2.75) is 0 Å². The highest BCUT2D eigenvalue weighted by Gasteiger charge is 2.21. The molecule has 4 heterocycles. The molecule has 0 saturated heterocycles. The largest absolute Gasteiger partial charge is 0.455 e. The Labute approximate surface area is 291 Å². The van der Waals surface area contributed by atoms with Crippen molar-refractivity contribution in [1.29, 1.82) is 0 Å². The Morgan fingerprint density at radius 3 is 1.90 bits per heavy atom. The summed E-state index contributed by atoms with van der Waals surface area (Å²) in [7, 11) is 0. The van der Waals surface area contributed by atoms with E-state index in [1.54, 1.807) is 6.20 Å². The first-order valence-corrected chi connectivity index (χ1v) is 17.3. The Morgan fingerprint density at radius 2 is 1.08 bits per heavy atom. The van der Waals surface area contributed by atoms with Crippen LogP contribution in [-0.2, 0) is 0 Å². The number of hydrogen-bond donors (Lipinski definition) is 0. The van der Waals surface area contributed by atoms with Gasteiger partial charge in [0.15, 0.2) is 17.5 Å². The molecule has 234 valence electrons. The van der Waals surface area contributed by atoms with Crippen LogP contribution in [0.3, 0.4) is 0 Å². The molecule has 0 aliphatic heterocycles. The van der Waals surface area contributed by atoms with Gasteiger partial charge in [0.05, 0.1) is 5.56 Å². The van der Waals surface area contributed by atoms with Crippen LogP contribution >= 0.6 is 11.3 Å². The van der Waals surface area contributed by atoms with Gasteiger partial charge in [-0.05, 0) is 58.7 Å². The van der Waals surface area contributed by atoms with E-state index in [1.807, 2.05) is 66.1 Å². The second-order valence-electron chi connectivity index (χ2n) is 12.3. The number of thiophene rings is 1. The summed E-state index contributed by atoms with van der Waals surface area (Å²) in [6.07, 6.45) is 3.65. The number of fused-ring (bicyclic) bond motifs is 6. The van der Waals surface area contributed by atoms with Gasteiger partial charge in [0.1, 0.15) is 11.2 Å². The van der Waals surface area contributed by atoms with E-state index in [0.29, 0.717) is 17.5 Å². The Balaban J connectivity index is 1.18. The van der Waals surface area contributed by atoms with E-state index in [4.69, 9.17) is 19.4 Å². The fourth-order valence-corrected chi connectivity index (χ4v) is 7.91. The molecule has 0 aliphatic rings. The lowest BCUT2D eigenvalue weighted by Crippen LogP contribution is -2.00. The standard InChI is InChI=1S/C44H26N4OS/c1-2-9-28(10-3-1)42-46-43(29-18-16-27(17-19-29)31-11-8-24-45-26-31)48-44(47-42)35-22-21-32(40-34-13-4-6-14-37(34)49-41(35)40)30-20-23-39-36(25-30)33-12-5-7-15-38(33)50-39/h1-26H. The van der Waals surface area contributed by atoms with Crippen molar-refractivity contribution in [3.05, 3.63) is 158 Å². The molecule has 6 heteroatoms. The molecular formula is C44H26N4OS. The van der Waals surface area contributed by atoms with Gasteiger partial charge in [-0.25, -0.2) is 15.0 Å². The number of hydrogen-bond acceptors (Lipinski definition) is 6. The Bertz CT molecular complexity index is 2860. The van der Waals surface area contributed by atoms with Crippen LogP contribution < -0.4 is 0 Å². The van der Waals surface area contributed by atoms with Crippen LogP contribution in [0.2, 0.25) is 0 Å². The van der Waals surface area contributed by atoms with Gasteiger partial charge in [-0.1, -0.05) is 109 Å². The van der Waals surface area contributed by atoms with Crippen LogP contribution in [0.4, 0.5) is 0 Å². The minimum atomic E-state index is 0.556. The molecule has 0 aliphatic carbocycles. The van der Waals surface area contributed by atoms with Gasteiger partial charge in [0.25, 0.3) is 0 Å². The number of aromatic nitrogens is 4. The van der Waals surface area contributed by atoms with Crippen LogP contribution in [0.5, 0.6) is 0 Å². The van der Waals surface area contributed by atoms with E-state index in [2.05, 4.69) is 102 Å². The van der Waals surface area contributed by atoms with E-state index >= 15 is 0 Å². The number of furan rings is 1. The zero-order chi connectivity index (χ0) is 33.0. The van der Waals surface area contributed by atoms with Crippen LogP contribution in [0.15, 0.2) is 162 Å². The fourth-order valence-electron chi connectivity index (χ4n) is 6.83. The molecule has 10 rings (SSSR count). The van der Waals surface area contributed by atoms with Crippen LogP contribution in [-0.4, -0.2) is 19.9 Å². The van der Waals surface area contributed by atoms with Gasteiger partial charge in [0.2, 0.25) is 0 Å². The molecule has 0 amide bonds. The van der Waals surface area contributed by atoms with Gasteiger partial charge in [-0.2, -0.15) is 0 Å². The summed E-state index contributed by atoms with van der Waals surface area (Å²) < 4.78 is 9.26. The highest BCUT2D eigenvalue weighted by Crippen LogP contribution is 2.43. The van der Waals surface area contributed by atoms with Crippen molar-refractivity contribution in [2.75, 3.05) is 0 Å². The lowest BCUT2D eigenvalue weighted by atomic mass is 9.96. The molecule has 10 aromatic rings. The lowest BCUT2D eigenvalue weighted by molar-refractivity contribution is 0.669. The molecule has 50 heavy (non-hydrogen) atoms. The van der Waals surface area contributed by atoms with Crippen LogP contribution in [0.25, 0.3) is 98.5 Å². The molecule has 0 fully saturated rings. The third kappa shape index (κ3) is 4.77. The molecule has 0 radical (unpaired) electrons. The smallest absolute Gasteiger partial charge is 0.167 e. The quantitative estimate of drug-likeness (QED) is 0.184. The van der Waals surface area contributed by atoms with Gasteiger partial charge < -0.3 is 4.42 Å². The molecule has 0 spiro atoms. The third-order valence-electron chi connectivity index (χ3n) is 9.26. The third-order valence-corrected chi connectivity index (χ3v) is 10.4. The predicted octanol–water partition coefficient (Wildman–Crippen LogP) is 11.9. The maximum atomic E-state index is 6.69. The molecule has 6 aromatic carbocycles. The number of benzene rings is 6. The summed E-state index contributed by atoms with van der Waals surface area (Å²) in [5.41, 5.74) is 8.57. The molecule has 4 aromatic heterocycles. The SMILES string of the molecule is c1ccc(-c2nc(-c3ccc(-c4cccnc4)cc3)nc(-c3ccc(-c4ccc5sc6ccccc6c5c4)c4c3oc3ccccc34)n2)cc1. The van der Waals surface area contributed by atoms with E-state index in [1.165, 1.54) is 20.2 Å². The molecule has 0 saturated carbocycles. The van der Waals surface area contributed by atoms with Crippen molar-refractivity contribution < 1.29 is 4.42 Å². The van der Waals surface area contributed by atoms with Gasteiger partial charge in [-0.3, -0.25) is 4.98 Å². The number of pyridine rings is 1. The number of para-hydroxylation sites is 1. The highest BCUT2D eigenvalue weighted by atomic mass is 32.1. The Kier molecular flexibility index (Phi) is 6.60. The topological polar surface area (TPSA) is 64.7 Å². The lowest BCUT2D eigenvalue weighted by Gasteiger charge is -2.11. The predicted molar refractivity (Wildman–Crippen MR) is 205 cm³/mol. The maximum absolute atomic E-state index is 6.69. The zero-order valence-electron chi connectivity index (χ0n) is 26.6. The van der Waals surface area contributed by atoms with Gasteiger partial charge in [-0.15, -0.1) is 11.3 Å². The van der Waals surface area contributed by atoms with Gasteiger partial charge >= 0.3 is 0 Å². The fraction of sp³-hybridized carbons (Fsp3) is 0. The first-order chi connectivity index (χ1) is 24.8. The molecule has 0 unspecified atom stereocenters. The van der Waals surface area contributed by atoms with Gasteiger partial charge in [0, 0.05) is 54.5 Å². The summed E-state index contributed by atoms with van der Waals surface area (Å²) in [5, 5.41) is 4.63. The Morgan fingerprint density at radius 1 is 0.440 bits per heavy atom. The molecule has 0 atom stereocenters. The highest BCUT2D eigenvalue weighted by molar-refractivity contribution is 7.25. The van der Waals surface area contributed by atoms with Crippen molar-refractivity contribution in [1.82, 2.24) is 19.9 Å². The van der Waals surface area contributed by atoms with E-state index in [9.17, 15) is 0 Å². The molecule has 0 bridgehead atoms. The average Bonchev–Trinajstić information content (AvgIpc) is 3.77. The summed E-state index contributed by atoms with van der Waals surface area (Å²) in [5.74, 6) is 1.75. The summed E-state index contributed by atoms with van der Waals surface area (Å²) in [4.78, 5) is 19.4. The first kappa shape index (κ1) is 28.5. The summed E-state index contributed by atoms with van der Waals surface area (Å²) in [6, 6.07) is 50.2. The van der Waals surface area contributed by atoms with Crippen molar-refractivity contribution in [3.8, 4) is 56.4 Å². The van der Waals surface area contributed by atoms with Crippen molar-refractivity contribution in [3.63, 3.8) is 0 Å². The van der Waals surface area contributed by atoms with E-state index < -0.39 is 0 Å². The normalized spacial score (nSPS) is 11.6. The van der Waals surface area contributed by atoms with Crippen molar-refractivity contribution in [2.24, 2.45) is 0 Å². The minimum Gasteiger partial charge on any atom is -0.455 e. The number of nitrogens with zero attached hydrogens (tertiary/aromatic N) is 4.